The summed E-state index contributed by atoms with van der Waals surface area (Å²) in [5.41, 5.74) is -0.597. The van der Waals surface area contributed by atoms with Crippen LogP contribution in [-0.4, -0.2) is 33.9 Å². The molecule has 0 aromatic carbocycles. The van der Waals surface area contributed by atoms with Gasteiger partial charge in [0.05, 0.1) is 12.2 Å². The van der Waals surface area contributed by atoms with Gasteiger partial charge >= 0.3 is 0 Å². The molecule has 0 saturated heterocycles. The normalized spacial score (nSPS) is 16.9. The highest BCUT2D eigenvalue weighted by atomic mass is 32.2. The molecule has 0 aliphatic carbocycles. The Morgan fingerprint density at radius 2 is 2.00 bits per heavy atom. The van der Waals surface area contributed by atoms with Crippen molar-refractivity contribution >= 4 is 11.8 Å². The lowest BCUT2D eigenvalue weighted by atomic mass is 9.95. The van der Waals surface area contributed by atoms with E-state index in [1.54, 1.807) is 11.8 Å². The summed E-state index contributed by atoms with van der Waals surface area (Å²) in [7, 11) is 0. The maximum Gasteiger partial charge on any atom is 0.0732 e. The molecule has 0 aliphatic rings. The van der Waals surface area contributed by atoms with Crippen molar-refractivity contribution in [2.75, 3.05) is 18.1 Å². The fraction of sp³-hybridized carbons (Fsp3) is 1.00. The Hall–Kier alpha value is 0.270. The van der Waals surface area contributed by atoms with Crippen molar-refractivity contribution in [3.05, 3.63) is 0 Å². The van der Waals surface area contributed by atoms with Gasteiger partial charge in [0.25, 0.3) is 0 Å². The number of aliphatic hydroxyl groups excluding tert-OH is 1. The Labute approximate surface area is 73.0 Å². The molecule has 0 heterocycles. The van der Waals surface area contributed by atoms with Crippen LogP contribution >= 0.6 is 11.8 Å². The van der Waals surface area contributed by atoms with Gasteiger partial charge in [0.2, 0.25) is 0 Å². The zero-order valence-electron chi connectivity index (χ0n) is 7.50. The molecule has 0 aromatic rings. The molecule has 3 heteroatoms. The largest absolute Gasteiger partial charge is 0.396 e. The quantitative estimate of drug-likeness (QED) is 0.620. The maximum atomic E-state index is 9.72. The molecule has 1 unspecified atom stereocenters. The lowest BCUT2D eigenvalue weighted by Gasteiger charge is -2.26. The van der Waals surface area contributed by atoms with Crippen molar-refractivity contribution in [3.63, 3.8) is 0 Å². The van der Waals surface area contributed by atoms with Crippen LogP contribution in [0.5, 0.6) is 0 Å². The van der Waals surface area contributed by atoms with Gasteiger partial charge in [0.1, 0.15) is 0 Å². The minimum absolute atomic E-state index is 0.193. The highest BCUT2D eigenvalue weighted by Crippen LogP contribution is 2.20. The zero-order valence-corrected chi connectivity index (χ0v) is 8.32. The molecule has 0 amide bonds. The Kier molecular flexibility index (Phi) is 5.13. The van der Waals surface area contributed by atoms with E-state index in [0.29, 0.717) is 11.5 Å². The summed E-state index contributed by atoms with van der Waals surface area (Å²) in [5, 5.41) is 18.2. The second-order valence-corrected chi connectivity index (χ2v) is 4.39. The predicted molar refractivity (Wildman–Crippen MR) is 49.9 cm³/mol. The molecule has 0 rings (SSSR count). The van der Waals surface area contributed by atoms with Crippen LogP contribution in [0.4, 0.5) is 0 Å². The minimum atomic E-state index is -0.597. The molecule has 0 radical (unpaired) electrons. The van der Waals surface area contributed by atoms with Gasteiger partial charge in [-0.1, -0.05) is 13.8 Å². The third-order valence-electron chi connectivity index (χ3n) is 1.87. The van der Waals surface area contributed by atoms with E-state index in [0.717, 1.165) is 0 Å². The molecular weight excluding hydrogens is 160 g/mol. The second-order valence-electron chi connectivity index (χ2n) is 3.29. The molecule has 0 saturated carbocycles. The van der Waals surface area contributed by atoms with Gasteiger partial charge in [-0.2, -0.15) is 11.8 Å². The van der Waals surface area contributed by atoms with E-state index >= 15 is 0 Å². The van der Waals surface area contributed by atoms with Crippen LogP contribution in [-0.2, 0) is 0 Å². The molecule has 0 spiro atoms. The van der Waals surface area contributed by atoms with Gasteiger partial charge < -0.3 is 10.2 Å². The Balaban J connectivity index is 3.55. The standard InChI is InChI=1S/C8H18O2S/c1-7(2)8(3,10)6-11-5-4-9/h7,9-10H,4-6H2,1-3H3. The summed E-state index contributed by atoms with van der Waals surface area (Å²) in [6.45, 7) is 6.03. The topological polar surface area (TPSA) is 40.5 Å². The summed E-state index contributed by atoms with van der Waals surface area (Å²) >= 11 is 1.59. The molecular formula is C8H18O2S. The zero-order chi connectivity index (χ0) is 8.91. The van der Waals surface area contributed by atoms with E-state index in [9.17, 15) is 5.11 Å². The van der Waals surface area contributed by atoms with E-state index in [1.807, 2.05) is 20.8 Å². The van der Waals surface area contributed by atoms with Gasteiger partial charge in [-0.3, -0.25) is 0 Å². The first-order chi connectivity index (χ1) is 5.00. The number of hydrogen-bond acceptors (Lipinski definition) is 3. The van der Waals surface area contributed by atoms with Gasteiger partial charge in [0, 0.05) is 11.5 Å². The monoisotopic (exact) mass is 178 g/mol. The third kappa shape index (κ3) is 4.67. The molecule has 1 atom stereocenters. The number of thioether (sulfide) groups is 1. The number of hydrogen-bond donors (Lipinski definition) is 2. The lowest BCUT2D eigenvalue weighted by molar-refractivity contribution is 0.0376. The highest BCUT2D eigenvalue weighted by Gasteiger charge is 2.24. The van der Waals surface area contributed by atoms with E-state index < -0.39 is 5.60 Å². The lowest BCUT2D eigenvalue weighted by Crippen LogP contribution is -2.34. The van der Waals surface area contributed by atoms with Crippen LogP contribution in [0, 0.1) is 5.92 Å². The van der Waals surface area contributed by atoms with Gasteiger partial charge in [-0.05, 0) is 12.8 Å². The second kappa shape index (κ2) is 5.01. The maximum absolute atomic E-state index is 9.72. The SMILES string of the molecule is CC(C)C(C)(O)CSCCO. The van der Waals surface area contributed by atoms with E-state index in [-0.39, 0.29) is 12.5 Å². The summed E-state index contributed by atoms with van der Waals surface area (Å²) in [6.07, 6.45) is 0. The first kappa shape index (κ1) is 11.3. The molecule has 68 valence electrons. The summed E-state index contributed by atoms with van der Waals surface area (Å²) < 4.78 is 0. The summed E-state index contributed by atoms with van der Waals surface area (Å²) in [4.78, 5) is 0. The molecule has 0 aliphatic heterocycles. The van der Waals surface area contributed by atoms with E-state index in [4.69, 9.17) is 5.11 Å². The van der Waals surface area contributed by atoms with Crippen LogP contribution in [0.3, 0.4) is 0 Å². The van der Waals surface area contributed by atoms with Gasteiger partial charge in [0.15, 0.2) is 0 Å². The molecule has 0 bridgehead atoms. The molecule has 2 nitrogen and oxygen atoms in total. The van der Waals surface area contributed by atoms with Crippen LogP contribution < -0.4 is 0 Å². The highest BCUT2D eigenvalue weighted by molar-refractivity contribution is 7.99. The van der Waals surface area contributed by atoms with Crippen molar-refractivity contribution in [1.29, 1.82) is 0 Å². The average Bonchev–Trinajstić information content (AvgIpc) is 1.88. The fourth-order valence-electron chi connectivity index (χ4n) is 0.510. The first-order valence-electron chi connectivity index (χ1n) is 3.91. The van der Waals surface area contributed by atoms with E-state index in [1.165, 1.54) is 0 Å². The molecule has 0 fully saturated rings. The van der Waals surface area contributed by atoms with Gasteiger partial charge in [-0.15, -0.1) is 0 Å². The first-order valence-corrected chi connectivity index (χ1v) is 5.07. The van der Waals surface area contributed by atoms with Crippen LogP contribution in [0.25, 0.3) is 0 Å². The minimum Gasteiger partial charge on any atom is -0.396 e. The van der Waals surface area contributed by atoms with Crippen LogP contribution in [0.2, 0.25) is 0 Å². The third-order valence-corrected chi connectivity index (χ3v) is 3.13. The number of aliphatic hydroxyl groups is 2. The summed E-state index contributed by atoms with van der Waals surface area (Å²) in [6, 6.07) is 0. The van der Waals surface area contributed by atoms with Crippen LogP contribution in [0.1, 0.15) is 20.8 Å². The Morgan fingerprint density at radius 1 is 1.45 bits per heavy atom. The van der Waals surface area contributed by atoms with Crippen molar-refractivity contribution in [3.8, 4) is 0 Å². The fourth-order valence-corrected chi connectivity index (χ4v) is 1.53. The Bertz CT molecular complexity index is 102. The molecule has 2 N–H and O–H groups in total. The summed E-state index contributed by atoms with van der Waals surface area (Å²) in [5.74, 6) is 1.68. The Morgan fingerprint density at radius 3 is 2.36 bits per heavy atom. The average molecular weight is 178 g/mol. The van der Waals surface area contributed by atoms with Gasteiger partial charge in [-0.25, -0.2) is 0 Å². The predicted octanol–water partition coefficient (Wildman–Crippen LogP) is 1.12. The van der Waals surface area contributed by atoms with Crippen molar-refractivity contribution < 1.29 is 10.2 Å². The van der Waals surface area contributed by atoms with Crippen LogP contribution in [0.15, 0.2) is 0 Å². The molecule has 11 heavy (non-hydrogen) atoms. The van der Waals surface area contributed by atoms with Crippen molar-refractivity contribution in [1.82, 2.24) is 0 Å². The van der Waals surface area contributed by atoms with E-state index in [2.05, 4.69) is 0 Å². The van der Waals surface area contributed by atoms with Crippen molar-refractivity contribution in [2.24, 2.45) is 5.92 Å². The molecule has 0 aromatic heterocycles. The smallest absolute Gasteiger partial charge is 0.0732 e. The number of rotatable bonds is 5. The van der Waals surface area contributed by atoms with Crippen molar-refractivity contribution in [2.45, 2.75) is 26.4 Å².